The average Bonchev–Trinajstić information content (AvgIpc) is 2.13. The van der Waals surface area contributed by atoms with E-state index in [4.69, 9.17) is 0 Å². The number of rotatable bonds is 0. The van der Waals surface area contributed by atoms with Gasteiger partial charge >= 0.3 is 0 Å². The lowest BCUT2D eigenvalue weighted by Crippen LogP contribution is -1.93. The summed E-state index contributed by atoms with van der Waals surface area (Å²) < 4.78 is 40.5. The third kappa shape index (κ3) is 1.48. The Balaban J connectivity index is 3.03. The maximum atomic E-state index is 13.6. The number of aryl methyl sites for hydroxylation is 2. The van der Waals surface area contributed by atoms with Crippen LogP contribution in [-0.2, 0) is 0 Å². The van der Waals surface area contributed by atoms with Gasteiger partial charge in [-0.3, -0.25) is 0 Å². The van der Waals surface area contributed by atoms with Crippen LogP contribution < -0.4 is 0 Å². The van der Waals surface area contributed by atoms with Crippen LogP contribution in [0.4, 0.5) is 13.2 Å². The molecule has 0 aliphatic carbocycles. The Hall–Kier alpha value is -1.51. The summed E-state index contributed by atoms with van der Waals surface area (Å²) in [6, 6.07) is 3.72. The van der Waals surface area contributed by atoms with E-state index in [2.05, 4.69) is 0 Å². The molecule has 0 aliphatic heterocycles. The summed E-state index contributed by atoms with van der Waals surface area (Å²) >= 11 is 0. The second-order valence-electron chi connectivity index (χ2n) is 3.66. The predicted octanol–water partition coefficient (Wildman–Crippen LogP) is 3.87. The van der Waals surface area contributed by atoms with Gasteiger partial charge in [0.25, 0.3) is 0 Å². The van der Waals surface area contributed by atoms with Crippen molar-refractivity contribution in [2.45, 2.75) is 13.8 Å². The Morgan fingerprint density at radius 3 is 2.20 bits per heavy atom. The van der Waals surface area contributed by atoms with Crippen LogP contribution in [0.15, 0.2) is 18.2 Å². The van der Waals surface area contributed by atoms with Crippen molar-refractivity contribution in [2.24, 2.45) is 0 Å². The highest BCUT2D eigenvalue weighted by Gasteiger charge is 2.13. The van der Waals surface area contributed by atoms with Crippen LogP contribution >= 0.6 is 0 Å². The molecule has 0 bridgehead atoms. The Kier molecular flexibility index (Phi) is 2.18. The van der Waals surface area contributed by atoms with Crippen LogP contribution in [0.5, 0.6) is 0 Å². The third-order valence-corrected chi connectivity index (χ3v) is 2.40. The predicted molar refractivity (Wildman–Crippen MR) is 53.3 cm³/mol. The van der Waals surface area contributed by atoms with E-state index in [0.717, 1.165) is 6.07 Å². The molecule has 0 aliphatic rings. The van der Waals surface area contributed by atoms with E-state index >= 15 is 0 Å². The molecule has 78 valence electrons. The molecule has 0 heterocycles. The third-order valence-electron chi connectivity index (χ3n) is 2.40. The van der Waals surface area contributed by atoms with Crippen LogP contribution in [0, 0.1) is 31.3 Å². The molecule has 0 unspecified atom stereocenters. The lowest BCUT2D eigenvalue weighted by Gasteiger charge is -2.06. The molecule has 0 spiro atoms. The van der Waals surface area contributed by atoms with Crippen molar-refractivity contribution in [3.8, 4) is 0 Å². The smallest absolute Gasteiger partial charge is 0.137 e. The highest BCUT2D eigenvalue weighted by atomic mass is 19.1. The molecular weight excluding hydrogens is 201 g/mol. The van der Waals surface area contributed by atoms with Crippen molar-refractivity contribution in [1.82, 2.24) is 0 Å². The average molecular weight is 210 g/mol. The number of hydrogen-bond acceptors (Lipinski definition) is 0. The monoisotopic (exact) mass is 210 g/mol. The molecular formula is C12H9F3. The fraction of sp³-hybridized carbons (Fsp3) is 0.167. The first-order valence-electron chi connectivity index (χ1n) is 4.55. The standard InChI is InChI=1S/C12H9F3/c1-6-3-8-9(13)5-7(2)12(15)11(8)10(14)4-6/h3-5H,1-2H3. The normalized spacial score (nSPS) is 11.0. The van der Waals surface area contributed by atoms with E-state index in [-0.39, 0.29) is 16.3 Å². The Morgan fingerprint density at radius 2 is 1.53 bits per heavy atom. The lowest BCUT2D eigenvalue weighted by molar-refractivity contribution is 0.590. The first-order chi connectivity index (χ1) is 7.00. The van der Waals surface area contributed by atoms with E-state index in [0.29, 0.717) is 5.56 Å². The van der Waals surface area contributed by atoms with Crippen LogP contribution in [0.2, 0.25) is 0 Å². The highest BCUT2D eigenvalue weighted by molar-refractivity contribution is 5.85. The van der Waals surface area contributed by atoms with Gasteiger partial charge in [0.05, 0.1) is 5.39 Å². The summed E-state index contributed by atoms with van der Waals surface area (Å²) in [5.41, 5.74) is 0.685. The Bertz CT molecular complexity index is 544. The second-order valence-corrected chi connectivity index (χ2v) is 3.66. The van der Waals surface area contributed by atoms with Crippen LogP contribution in [0.25, 0.3) is 10.8 Å². The van der Waals surface area contributed by atoms with Gasteiger partial charge in [0.1, 0.15) is 17.5 Å². The van der Waals surface area contributed by atoms with Crippen molar-refractivity contribution >= 4 is 10.8 Å². The van der Waals surface area contributed by atoms with E-state index in [1.165, 1.54) is 19.1 Å². The molecule has 0 fully saturated rings. The number of benzene rings is 2. The van der Waals surface area contributed by atoms with Gasteiger partial charge in [-0.25, -0.2) is 13.2 Å². The molecule has 2 aromatic carbocycles. The van der Waals surface area contributed by atoms with Gasteiger partial charge in [-0.05, 0) is 43.2 Å². The van der Waals surface area contributed by atoms with Crippen molar-refractivity contribution in [1.29, 1.82) is 0 Å². The van der Waals surface area contributed by atoms with Gasteiger partial charge in [-0.1, -0.05) is 0 Å². The fourth-order valence-corrected chi connectivity index (χ4v) is 1.68. The number of halogens is 3. The lowest BCUT2D eigenvalue weighted by atomic mass is 10.0. The topological polar surface area (TPSA) is 0 Å². The van der Waals surface area contributed by atoms with Gasteiger partial charge in [0.15, 0.2) is 0 Å². The number of fused-ring (bicyclic) bond motifs is 1. The van der Waals surface area contributed by atoms with E-state index in [1.54, 1.807) is 6.92 Å². The molecule has 0 amide bonds. The molecule has 3 heteroatoms. The minimum atomic E-state index is -0.718. The maximum absolute atomic E-state index is 13.6. The van der Waals surface area contributed by atoms with Gasteiger partial charge in [-0.15, -0.1) is 0 Å². The van der Waals surface area contributed by atoms with Crippen molar-refractivity contribution < 1.29 is 13.2 Å². The first kappa shape index (κ1) is 10.0. The molecule has 2 rings (SSSR count). The summed E-state index contributed by atoms with van der Waals surface area (Å²) in [6.07, 6.45) is 0. The Morgan fingerprint density at radius 1 is 0.867 bits per heavy atom. The van der Waals surface area contributed by atoms with E-state index < -0.39 is 17.5 Å². The van der Waals surface area contributed by atoms with Crippen molar-refractivity contribution in [3.63, 3.8) is 0 Å². The maximum Gasteiger partial charge on any atom is 0.137 e. The van der Waals surface area contributed by atoms with Crippen LogP contribution in [0.1, 0.15) is 11.1 Å². The zero-order valence-corrected chi connectivity index (χ0v) is 8.37. The quantitative estimate of drug-likeness (QED) is 0.619. The van der Waals surface area contributed by atoms with Crippen LogP contribution in [0.3, 0.4) is 0 Å². The minimum absolute atomic E-state index is 0.00407. The summed E-state index contributed by atoms with van der Waals surface area (Å²) in [6.45, 7) is 3.05. The largest absolute Gasteiger partial charge is 0.206 e. The molecule has 0 radical (unpaired) electrons. The van der Waals surface area contributed by atoms with Gasteiger partial charge < -0.3 is 0 Å². The molecule has 0 N–H and O–H groups in total. The SMILES string of the molecule is Cc1cc(F)c2c(F)c(C)cc(F)c2c1. The highest BCUT2D eigenvalue weighted by Crippen LogP contribution is 2.27. The first-order valence-corrected chi connectivity index (χ1v) is 4.55. The zero-order valence-electron chi connectivity index (χ0n) is 8.37. The number of hydrogen-bond donors (Lipinski definition) is 0. The molecule has 0 atom stereocenters. The fourth-order valence-electron chi connectivity index (χ4n) is 1.68. The van der Waals surface area contributed by atoms with Gasteiger partial charge in [0, 0.05) is 5.39 Å². The summed E-state index contributed by atoms with van der Waals surface area (Å²) in [5.74, 6) is -2.00. The second kappa shape index (κ2) is 3.26. The minimum Gasteiger partial charge on any atom is -0.206 e. The molecule has 15 heavy (non-hydrogen) atoms. The summed E-state index contributed by atoms with van der Waals surface area (Å²) in [4.78, 5) is 0. The Labute approximate surface area is 85.3 Å². The molecule has 0 aromatic heterocycles. The van der Waals surface area contributed by atoms with Gasteiger partial charge in [0.2, 0.25) is 0 Å². The molecule has 2 aromatic rings. The zero-order chi connectivity index (χ0) is 11.2. The molecule has 0 nitrogen and oxygen atoms in total. The van der Waals surface area contributed by atoms with Crippen molar-refractivity contribution in [3.05, 3.63) is 46.8 Å². The van der Waals surface area contributed by atoms with E-state index in [9.17, 15) is 13.2 Å². The van der Waals surface area contributed by atoms with E-state index in [1.807, 2.05) is 0 Å². The van der Waals surface area contributed by atoms with Crippen molar-refractivity contribution in [2.75, 3.05) is 0 Å². The molecule has 0 saturated carbocycles. The van der Waals surface area contributed by atoms with Gasteiger partial charge in [-0.2, -0.15) is 0 Å². The molecule has 0 saturated heterocycles. The summed E-state index contributed by atoms with van der Waals surface area (Å²) in [7, 11) is 0. The van der Waals surface area contributed by atoms with Crippen LogP contribution in [-0.4, -0.2) is 0 Å². The summed E-state index contributed by atoms with van der Waals surface area (Å²) in [5, 5.41) is -0.270.